The van der Waals surface area contributed by atoms with Gasteiger partial charge in [0.1, 0.15) is 5.82 Å². The monoisotopic (exact) mass is 265 g/mol. The van der Waals surface area contributed by atoms with E-state index in [2.05, 4.69) is 20.5 Å². The first-order valence-corrected chi connectivity index (χ1v) is 6.15. The lowest BCUT2D eigenvalue weighted by atomic mass is 10.0. The summed E-state index contributed by atoms with van der Waals surface area (Å²) < 4.78 is 6.82. The summed E-state index contributed by atoms with van der Waals surface area (Å²) in [6, 6.07) is 0. The van der Waals surface area contributed by atoms with Crippen LogP contribution < -0.4 is 5.32 Å². The number of rotatable bonds is 6. The summed E-state index contributed by atoms with van der Waals surface area (Å²) in [5.41, 5.74) is -0.206. The third kappa shape index (κ3) is 3.18. The molecule has 2 rings (SSSR count). The van der Waals surface area contributed by atoms with Crippen LogP contribution in [0.2, 0.25) is 0 Å². The predicted octanol–water partition coefficient (Wildman–Crippen LogP) is 0.632. The van der Waals surface area contributed by atoms with Crippen LogP contribution in [0.4, 0.5) is 5.82 Å². The van der Waals surface area contributed by atoms with Gasteiger partial charge in [-0.3, -0.25) is 4.40 Å². The van der Waals surface area contributed by atoms with Gasteiger partial charge in [0.15, 0.2) is 5.82 Å². The Bertz CT molecular complexity index is 552. The summed E-state index contributed by atoms with van der Waals surface area (Å²) >= 11 is 0. The highest BCUT2D eigenvalue weighted by Gasteiger charge is 2.20. The molecule has 2 heterocycles. The Morgan fingerprint density at radius 3 is 3.00 bits per heavy atom. The van der Waals surface area contributed by atoms with E-state index in [9.17, 15) is 5.11 Å². The first kappa shape index (κ1) is 13.7. The quantitative estimate of drug-likeness (QED) is 0.797. The molecule has 104 valence electrons. The zero-order chi connectivity index (χ0) is 13.9. The molecule has 2 aromatic rings. The van der Waals surface area contributed by atoms with Gasteiger partial charge in [-0.15, -0.1) is 10.2 Å². The van der Waals surface area contributed by atoms with Gasteiger partial charge in [0.2, 0.25) is 5.65 Å². The van der Waals surface area contributed by atoms with E-state index in [4.69, 9.17) is 4.74 Å². The van der Waals surface area contributed by atoms with Crippen molar-refractivity contribution in [1.29, 1.82) is 0 Å². The molecule has 0 aliphatic carbocycles. The van der Waals surface area contributed by atoms with Gasteiger partial charge < -0.3 is 15.2 Å². The Balaban J connectivity index is 2.09. The zero-order valence-electron chi connectivity index (χ0n) is 11.4. The fraction of sp³-hybridized carbons (Fsp3) is 0.583. The summed E-state index contributed by atoms with van der Waals surface area (Å²) in [7, 11) is 1.62. The normalized spacial score (nSPS) is 14.5. The van der Waals surface area contributed by atoms with E-state index in [0.29, 0.717) is 31.0 Å². The summed E-state index contributed by atoms with van der Waals surface area (Å²) in [6.07, 6.45) is 4.03. The average Bonchev–Trinajstić information content (AvgIpc) is 2.77. The van der Waals surface area contributed by atoms with E-state index in [1.54, 1.807) is 26.4 Å². The van der Waals surface area contributed by atoms with Crippen molar-refractivity contribution >= 4 is 11.5 Å². The third-order valence-corrected chi connectivity index (χ3v) is 2.98. The maximum absolute atomic E-state index is 10.2. The Morgan fingerprint density at radius 1 is 1.47 bits per heavy atom. The smallest absolute Gasteiger partial charge is 0.203 e. The highest BCUT2D eigenvalue weighted by Crippen LogP contribution is 2.15. The number of nitrogens with zero attached hydrogens (tertiary/aromatic N) is 4. The van der Waals surface area contributed by atoms with E-state index >= 15 is 0 Å². The third-order valence-electron chi connectivity index (χ3n) is 2.98. The first-order chi connectivity index (χ1) is 9.03. The zero-order valence-corrected chi connectivity index (χ0v) is 11.4. The number of aliphatic hydroxyl groups is 1. The van der Waals surface area contributed by atoms with Crippen LogP contribution in [-0.4, -0.2) is 50.6 Å². The minimum atomic E-state index is -0.862. The Labute approximate surface area is 111 Å². The van der Waals surface area contributed by atoms with Crippen LogP contribution in [0.1, 0.15) is 19.2 Å². The number of ether oxygens (including phenoxy) is 1. The number of anilines is 1. The van der Waals surface area contributed by atoms with Gasteiger partial charge in [-0.25, -0.2) is 4.98 Å². The number of hydrogen-bond acceptors (Lipinski definition) is 6. The van der Waals surface area contributed by atoms with Gasteiger partial charge >= 0.3 is 0 Å². The minimum absolute atomic E-state index is 0.370. The van der Waals surface area contributed by atoms with Gasteiger partial charge in [0.05, 0.1) is 5.60 Å². The standard InChI is InChI=1S/C12H19N5O2/c1-9-15-16-11-10(13-5-6-17(9)11)14-8-12(2,18)4-7-19-3/h5-6,18H,4,7-8H2,1-3H3,(H,13,14). The van der Waals surface area contributed by atoms with Crippen LogP contribution in [0, 0.1) is 6.92 Å². The van der Waals surface area contributed by atoms with E-state index in [1.807, 2.05) is 11.3 Å². The lowest BCUT2D eigenvalue weighted by molar-refractivity contribution is 0.0357. The highest BCUT2D eigenvalue weighted by atomic mass is 16.5. The molecule has 0 saturated carbocycles. The van der Waals surface area contributed by atoms with Gasteiger partial charge in [-0.05, 0) is 13.8 Å². The molecule has 0 spiro atoms. The van der Waals surface area contributed by atoms with Crippen LogP contribution in [-0.2, 0) is 4.74 Å². The number of methoxy groups -OCH3 is 1. The maximum Gasteiger partial charge on any atom is 0.203 e. The largest absolute Gasteiger partial charge is 0.388 e. The molecule has 0 aliphatic rings. The van der Waals surface area contributed by atoms with E-state index in [-0.39, 0.29) is 0 Å². The number of nitrogens with one attached hydrogen (secondary N) is 1. The molecule has 0 aromatic carbocycles. The van der Waals surface area contributed by atoms with Crippen molar-refractivity contribution < 1.29 is 9.84 Å². The number of aromatic nitrogens is 4. The molecule has 1 atom stereocenters. The summed E-state index contributed by atoms with van der Waals surface area (Å²) in [5.74, 6) is 1.41. The van der Waals surface area contributed by atoms with E-state index in [1.165, 1.54) is 0 Å². The van der Waals surface area contributed by atoms with Gasteiger partial charge in [0, 0.05) is 39.1 Å². The Kier molecular flexibility index (Phi) is 3.96. The van der Waals surface area contributed by atoms with Crippen LogP contribution in [0.5, 0.6) is 0 Å². The number of aryl methyl sites for hydroxylation is 1. The second kappa shape index (κ2) is 5.50. The van der Waals surface area contributed by atoms with Gasteiger partial charge in [-0.2, -0.15) is 0 Å². The summed E-state index contributed by atoms with van der Waals surface area (Å²) in [4.78, 5) is 4.23. The molecule has 2 N–H and O–H groups in total. The molecule has 0 aliphatic heterocycles. The molecule has 0 bridgehead atoms. The second-order valence-electron chi connectivity index (χ2n) is 4.81. The van der Waals surface area contributed by atoms with E-state index in [0.717, 1.165) is 5.82 Å². The molecule has 7 nitrogen and oxygen atoms in total. The molecule has 19 heavy (non-hydrogen) atoms. The topological polar surface area (TPSA) is 84.6 Å². The molecular formula is C12H19N5O2. The van der Waals surface area contributed by atoms with Crippen molar-refractivity contribution in [3.05, 3.63) is 18.2 Å². The molecule has 7 heteroatoms. The highest BCUT2D eigenvalue weighted by molar-refractivity contribution is 5.62. The van der Waals surface area contributed by atoms with Crippen LogP contribution in [0.25, 0.3) is 5.65 Å². The Hall–Kier alpha value is -1.73. The maximum atomic E-state index is 10.2. The summed E-state index contributed by atoms with van der Waals surface area (Å²) in [6.45, 7) is 4.51. The van der Waals surface area contributed by atoms with Gasteiger partial charge in [-0.1, -0.05) is 0 Å². The molecular weight excluding hydrogens is 246 g/mol. The van der Waals surface area contributed by atoms with Crippen molar-refractivity contribution in [1.82, 2.24) is 19.6 Å². The first-order valence-electron chi connectivity index (χ1n) is 6.15. The fourth-order valence-corrected chi connectivity index (χ4v) is 1.75. The van der Waals surface area contributed by atoms with E-state index < -0.39 is 5.60 Å². The summed E-state index contributed by atoms with van der Waals surface area (Å²) in [5, 5.41) is 21.3. The van der Waals surface area contributed by atoms with Crippen LogP contribution in [0.15, 0.2) is 12.4 Å². The average molecular weight is 265 g/mol. The lowest BCUT2D eigenvalue weighted by Gasteiger charge is -2.23. The minimum Gasteiger partial charge on any atom is -0.388 e. The second-order valence-corrected chi connectivity index (χ2v) is 4.81. The number of fused-ring (bicyclic) bond motifs is 1. The van der Waals surface area contributed by atoms with Crippen molar-refractivity contribution in [2.24, 2.45) is 0 Å². The lowest BCUT2D eigenvalue weighted by Crippen LogP contribution is -2.35. The molecule has 0 saturated heterocycles. The van der Waals surface area contributed by atoms with Gasteiger partial charge in [0.25, 0.3) is 0 Å². The molecule has 2 aromatic heterocycles. The van der Waals surface area contributed by atoms with Crippen LogP contribution in [0.3, 0.4) is 0 Å². The molecule has 1 unspecified atom stereocenters. The molecule has 0 radical (unpaired) electrons. The van der Waals surface area contributed by atoms with Crippen LogP contribution >= 0.6 is 0 Å². The Morgan fingerprint density at radius 2 is 2.26 bits per heavy atom. The van der Waals surface area contributed by atoms with Crippen molar-refractivity contribution in [3.63, 3.8) is 0 Å². The predicted molar refractivity (Wildman–Crippen MR) is 71.1 cm³/mol. The molecule has 0 amide bonds. The van der Waals surface area contributed by atoms with Crippen molar-refractivity contribution in [2.75, 3.05) is 25.6 Å². The fourth-order valence-electron chi connectivity index (χ4n) is 1.75. The molecule has 0 fully saturated rings. The SMILES string of the molecule is COCCC(C)(O)CNc1nccn2c(C)nnc12. The van der Waals surface area contributed by atoms with Crippen molar-refractivity contribution in [2.45, 2.75) is 25.9 Å². The van der Waals surface area contributed by atoms with Crippen molar-refractivity contribution in [3.8, 4) is 0 Å². The number of hydrogen-bond donors (Lipinski definition) is 2.